The molecule has 2 bridgehead atoms. The number of rotatable bonds is 5. The van der Waals surface area contributed by atoms with Gasteiger partial charge in [0.05, 0.1) is 24.9 Å². The minimum absolute atomic E-state index is 0.263. The molecule has 3 unspecified atom stereocenters. The highest BCUT2D eigenvalue weighted by Crippen LogP contribution is 2.44. The number of aliphatic hydroxyl groups excluding tert-OH is 1. The van der Waals surface area contributed by atoms with Crippen LogP contribution in [-0.4, -0.2) is 41.0 Å². The van der Waals surface area contributed by atoms with Crippen LogP contribution in [0, 0.1) is 23.2 Å². The molecule has 6 heteroatoms. The number of nitrogens with zero attached hydrogens (tertiary/aromatic N) is 2. The number of aliphatic hydroxyl groups is 1. The molecular formula is C22H23N3O2S. The lowest BCUT2D eigenvalue weighted by Crippen LogP contribution is -2.33. The summed E-state index contributed by atoms with van der Waals surface area (Å²) in [5, 5.41) is 21.9. The lowest BCUT2D eigenvalue weighted by atomic mass is 9.93. The fourth-order valence-electron chi connectivity index (χ4n) is 4.68. The molecule has 1 saturated carbocycles. The van der Waals surface area contributed by atoms with Gasteiger partial charge in [-0.2, -0.15) is 0 Å². The van der Waals surface area contributed by atoms with Crippen LogP contribution in [0.4, 0.5) is 0 Å². The lowest BCUT2D eigenvalue weighted by molar-refractivity contribution is 0.294. The third-order valence-electron chi connectivity index (χ3n) is 6.16. The molecule has 1 aliphatic heterocycles. The van der Waals surface area contributed by atoms with Crippen molar-refractivity contribution in [1.82, 2.24) is 9.88 Å². The molecule has 2 N–H and O–H groups in total. The van der Waals surface area contributed by atoms with Crippen LogP contribution in [0.2, 0.25) is 0 Å². The Labute approximate surface area is 168 Å². The Balaban J connectivity index is 1.33. The molecule has 1 aromatic heterocycles. The number of ether oxygens (including phenoxy) is 1. The smallest absolute Gasteiger partial charge is 0.135 e. The summed E-state index contributed by atoms with van der Waals surface area (Å²) in [6.07, 6.45) is 7.15. The first-order chi connectivity index (χ1) is 13.6. The number of benzene rings is 1. The van der Waals surface area contributed by atoms with E-state index in [1.165, 1.54) is 24.2 Å². The van der Waals surface area contributed by atoms with E-state index in [0.29, 0.717) is 34.8 Å². The molecule has 3 atom stereocenters. The minimum Gasteiger partial charge on any atom is -0.510 e. The summed E-state index contributed by atoms with van der Waals surface area (Å²) in [6, 6.07) is 7.77. The Hall–Kier alpha value is -2.60. The van der Waals surface area contributed by atoms with Gasteiger partial charge in [-0.25, -0.2) is 4.98 Å². The van der Waals surface area contributed by atoms with E-state index in [9.17, 15) is 5.11 Å². The predicted molar refractivity (Wildman–Crippen MR) is 112 cm³/mol. The van der Waals surface area contributed by atoms with Crippen molar-refractivity contribution in [3.05, 3.63) is 52.6 Å². The first kappa shape index (κ1) is 17.5. The Morgan fingerprint density at radius 2 is 2.07 bits per heavy atom. The molecule has 1 fully saturated rings. The molecule has 1 aromatic carbocycles. The Kier molecular flexibility index (Phi) is 4.23. The van der Waals surface area contributed by atoms with E-state index < -0.39 is 0 Å². The summed E-state index contributed by atoms with van der Waals surface area (Å²) in [6.45, 7) is 1.26. The summed E-state index contributed by atoms with van der Waals surface area (Å²) >= 11 is 1.48. The van der Waals surface area contributed by atoms with Crippen molar-refractivity contribution < 1.29 is 9.84 Å². The highest BCUT2D eigenvalue weighted by atomic mass is 32.1. The number of hydrogen-bond acceptors (Lipinski definition) is 5. The first-order valence-corrected chi connectivity index (χ1v) is 10.5. The number of aromatic nitrogens is 1. The molecule has 5 rings (SSSR count). The van der Waals surface area contributed by atoms with Gasteiger partial charge in [-0.1, -0.05) is 12.2 Å². The van der Waals surface area contributed by atoms with Gasteiger partial charge < -0.3 is 14.7 Å². The van der Waals surface area contributed by atoms with E-state index in [1.807, 2.05) is 34.5 Å². The minimum atomic E-state index is 0.263. The summed E-state index contributed by atoms with van der Waals surface area (Å²) in [5.74, 6) is 3.43. The first-order valence-electron chi connectivity index (χ1n) is 9.67. The number of methoxy groups -OCH3 is 1. The van der Waals surface area contributed by atoms with Gasteiger partial charge >= 0.3 is 0 Å². The van der Waals surface area contributed by atoms with Crippen LogP contribution in [0.15, 0.2) is 47.6 Å². The van der Waals surface area contributed by atoms with Crippen molar-refractivity contribution >= 4 is 22.7 Å². The van der Waals surface area contributed by atoms with Gasteiger partial charge in [0, 0.05) is 17.5 Å². The molecule has 0 spiro atoms. The van der Waals surface area contributed by atoms with Crippen molar-refractivity contribution in [3.8, 4) is 17.0 Å². The van der Waals surface area contributed by atoms with Crippen molar-refractivity contribution in [2.75, 3.05) is 20.2 Å². The maximum atomic E-state index is 10.6. The van der Waals surface area contributed by atoms with Crippen molar-refractivity contribution in [3.63, 3.8) is 0 Å². The summed E-state index contributed by atoms with van der Waals surface area (Å²) in [5.41, 5.74) is 2.44. The van der Waals surface area contributed by atoms with E-state index in [1.54, 1.807) is 7.11 Å². The second-order valence-corrected chi connectivity index (χ2v) is 8.72. The van der Waals surface area contributed by atoms with E-state index in [-0.39, 0.29) is 5.76 Å². The van der Waals surface area contributed by atoms with Crippen LogP contribution in [0.3, 0.4) is 0 Å². The number of thiazole rings is 1. The molecule has 3 aliphatic rings. The summed E-state index contributed by atoms with van der Waals surface area (Å²) in [7, 11) is 1.65. The molecule has 144 valence electrons. The normalized spacial score (nSPS) is 26.0. The van der Waals surface area contributed by atoms with Crippen LogP contribution in [0.5, 0.6) is 5.75 Å². The number of nitrogens with one attached hydrogen (secondary N) is 1. The molecule has 2 aliphatic carbocycles. The van der Waals surface area contributed by atoms with Gasteiger partial charge in [-0.3, -0.25) is 5.41 Å². The number of fused-ring (bicyclic) bond motifs is 2. The van der Waals surface area contributed by atoms with Crippen molar-refractivity contribution in [1.29, 1.82) is 5.41 Å². The van der Waals surface area contributed by atoms with Gasteiger partial charge in [0.15, 0.2) is 0 Å². The van der Waals surface area contributed by atoms with Crippen LogP contribution >= 0.6 is 11.3 Å². The third kappa shape index (κ3) is 2.92. The second-order valence-electron chi connectivity index (χ2n) is 7.86. The van der Waals surface area contributed by atoms with Crippen molar-refractivity contribution in [2.24, 2.45) is 17.8 Å². The Morgan fingerprint density at radius 3 is 2.75 bits per heavy atom. The topological polar surface area (TPSA) is 69.4 Å². The zero-order valence-corrected chi connectivity index (χ0v) is 16.6. The predicted octanol–water partition coefficient (Wildman–Crippen LogP) is 4.59. The molecule has 2 aromatic rings. The standard InChI is InChI=1S/C22H23N3O2S/c1-27-17-6-4-14(5-7-17)18-12-28-22(24-18)20-19(26)11-25(21(20)23)10-16-9-13-2-3-15(16)8-13/h2-7,12-13,15-16,23,26H,8-11H2,1H3. The van der Waals surface area contributed by atoms with E-state index >= 15 is 0 Å². The number of allylic oxidation sites excluding steroid dienone is 2. The third-order valence-corrected chi connectivity index (χ3v) is 7.02. The second kappa shape index (κ2) is 6.78. The quantitative estimate of drug-likeness (QED) is 0.729. The van der Waals surface area contributed by atoms with Gasteiger partial charge in [0.25, 0.3) is 0 Å². The summed E-state index contributed by atoms with van der Waals surface area (Å²) in [4.78, 5) is 6.72. The van der Waals surface area contributed by atoms with Gasteiger partial charge in [0.1, 0.15) is 22.4 Å². The molecule has 5 nitrogen and oxygen atoms in total. The Bertz CT molecular complexity index is 976. The average Bonchev–Trinajstić information content (AvgIpc) is 3.48. The molecular weight excluding hydrogens is 370 g/mol. The van der Waals surface area contributed by atoms with Crippen molar-refractivity contribution in [2.45, 2.75) is 12.8 Å². The molecule has 28 heavy (non-hydrogen) atoms. The molecule has 0 saturated heterocycles. The monoisotopic (exact) mass is 393 g/mol. The Morgan fingerprint density at radius 1 is 1.25 bits per heavy atom. The highest BCUT2D eigenvalue weighted by Gasteiger charge is 2.39. The van der Waals surface area contributed by atoms with Crippen LogP contribution in [0.1, 0.15) is 17.8 Å². The SMILES string of the molecule is COc1ccc(-c2csc(C3=C(O)CN(CC4CC5C=CC4C5)C3=N)n2)cc1. The van der Waals surface area contributed by atoms with Gasteiger partial charge in [-0.05, 0) is 54.9 Å². The fraction of sp³-hybridized carbons (Fsp3) is 0.364. The maximum absolute atomic E-state index is 10.6. The summed E-state index contributed by atoms with van der Waals surface area (Å²) < 4.78 is 5.21. The lowest BCUT2D eigenvalue weighted by Gasteiger charge is -2.26. The maximum Gasteiger partial charge on any atom is 0.135 e. The van der Waals surface area contributed by atoms with Gasteiger partial charge in [-0.15, -0.1) is 11.3 Å². The molecule has 0 radical (unpaired) electrons. The fourth-order valence-corrected chi connectivity index (χ4v) is 5.58. The largest absolute Gasteiger partial charge is 0.510 e. The molecule has 2 heterocycles. The average molecular weight is 394 g/mol. The van der Waals surface area contributed by atoms with Gasteiger partial charge in [0.2, 0.25) is 0 Å². The van der Waals surface area contributed by atoms with Crippen LogP contribution in [-0.2, 0) is 0 Å². The molecule has 0 amide bonds. The zero-order valence-electron chi connectivity index (χ0n) is 15.8. The number of amidine groups is 1. The van der Waals surface area contributed by atoms with E-state index in [0.717, 1.165) is 29.5 Å². The van der Waals surface area contributed by atoms with E-state index in [2.05, 4.69) is 12.2 Å². The van der Waals surface area contributed by atoms with E-state index in [4.69, 9.17) is 15.1 Å². The van der Waals surface area contributed by atoms with Crippen LogP contribution in [0.25, 0.3) is 16.8 Å². The van der Waals surface area contributed by atoms with Crippen LogP contribution < -0.4 is 4.74 Å². The zero-order chi connectivity index (χ0) is 19.3. The highest BCUT2D eigenvalue weighted by molar-refractivity contribution is 7.11. The number of hydrogen-bond donors (Lipinski definition) is 2.